The van der Waals surface area contributed by atoms with Crippen LogP contribution in [0.2, 0.25) is 0 Å². The van der Waals surface area contributed by atoms with Gasteiger partial charge in [0.2, 0.25) is 0 Å². The number of esters is 1. The van der Waals surface area contributed by atoms with Crippen molar-refractivity contribution in [2.75, 3.05) is 27.7 Å². The Morgan fingerprint density at radius 3 is 2.21 bits per heavy atom. The van der Waals surface area contributed by atoms with Crippen LogP contribution in [0, 0.1) is 0 Å². The fraction of sp³-hybridized carbons (Fsp3) is 0.889. The normalized spacial score (nSPS) is 14.2. The predicted octanol–water partition coefficient (Wildman–Crippen LogP) is 2.58. The third-order valence-electron chi connectivity index (χ3n) is 3.76. The predicted molar refractivity (Wildman–Crippen MR) is 93.6 cm³/mol. The number of aliphatic carboxylic acids is 1. The summed E-state index contributed by atoms with van der Waals surface area (Å²) in [7, 11) is 5.81. The average Bonchev–Trinajstić information content (AvgIpc) is 2.42. The SMILES string of the molecule is CCCCC(O)CCCCCC(=O)OC(CC(=O)O)C[N+](C)(C)C. The summed E-state index contributed by atoms with van der Waals surface area (Å²) in [4.78, 5) is 22.8. The van der Waals surface area contributed by atoms with Gasteiger partial charge in [0, 0.05) is 6.42 Å². The van der Waals surface area contributed by atoms with Crippen LogP contribution in [-0.2, 0) is 14.3 Å². The quantitative estimate of drug-likeness (QED) is 0.287. The zero-order chi connectivity index (χ0) is 18.6. The molecule has 0 amide bonds. The molecule has 0 saturated heterocycles. The summed E-state index contributed by atoms with van der Waals surface area (Å²) in [5.41, 5.74) is 0. The molecule has 0 radical (unpaired) electrons. The Morgan fingerprint density at radius 2 is 1.67 bits per heavy atom. The second kappa shape index (κ2) is 12.3. The molecular formula is C18H36NO5+. The number of unbranched alkanes of at least 4 members (excludes halogenated alkanes) is 3. The van der Waals surface area contributed by atoms with Gasteiger partial charge in [0.1, 0.15) is 6.54 Å². The molecule has 142 valence electrons. The molecule has 0 bridgehead atoms. The van der Waals surface area contributed by atoms with Crippen LogP contribution in [0.4, 0.5) is 0 Å². The molecule has 0 aliphatic rings. The highest BCUT2D eigenvalue weighted by atomic mass is 16.5. The van der Waals surface area contributed by atoms with E-state index in [1.807, 2.05) is 21.1 Å². The lowest BCUT2D eigenvalue weighted by Crippen LogP contribution is -2.43. The molecule has 0 spiro atoms. The number of carbonyl (C=O) groups excluding carboxylic acids is 1. The Hall–Kier alpha value is -1.14. The number of nitrogens with zero attached hydrogens (tertiary/aromatic N) is 1. The molecule has 2 atom stereocenters. The Balaban J connectivity index is 3.97. The van der Waals surface area contributed by atoms with Crippen molar-refractivity contribution >= 4 is 11.9 Å². The van der Waals surface area contributed by atoms with Crippen molar-refractivity contribution in [3.8, 4) is 0 Å². The highest BCUT2D eigenvalue weighted by molar-refractivity contribution is 5.71. The van der Waals surface area contributed by atoms with Crippen LogP contribution in [0.15, 0.2) is 0 Å². The minimum Gasteiger partial charge on any atom is -0.481 e. The van der Waals surface area contributed by atoms with Crippen LogP contribution in [0.1, 0.15) is 64.7 Å². The van der Waals surface area contributed by atoms with Crippen molar-refractivity contribution < 1.29 is 29.0 Å². The van der Waals surface area contributed by atoms with Gasteiger partial charge in [0.25, 0.3) is 0 Å². The highest BCUT2D eigenvalue weighted by Crippen LogP contribution is 2.12. The first-order chi connectivity index (χ1) is 11.1. The molecule has 0 heterocycles. The number of carbonyl (C=O) groups is 2. The molecular weight excluding hydrogens is 310 g/mol. The summed E-state index contributed by atoms with van der Waals surface area (Å²) < 4.78 is 5.88. The third kappa shape index (κ3) is 14.5. The van der Waals surface area contributed by atoms with Crippen molar-refractivity contribution in [3.05, 3.63) is 0 Å². The fourth-order valence-corrected chi connectivity index (χ4v) is 2.60. The molecule has 0 fully saturated rings. The van der Waals surface area contributed by atoms with Gasteiger partial charge >= 0.3 is 11.9 Å². The number of carboxylic acid groups (broad SMARTS) is 1. The van der Waals surface area contributed by atoms with Crippen LogP contribution in [0.3, 0.4) is 0 Å². The first kappa shape index (κ1) is 22.9. The zero-order valence-electron chi connectivity index (χ0n) is 15.8. The number of carboxylic acids is 1. The second-order valence-corrected chi connectivity index (χ2v) is 7.58. The Bertz CT molecular complexity index is 365. The van der Waals surface area contributed by atoms with Gasteiger partial charge in [-0.1, -0.05) is 32.6 Å². The fourth-order valence-electron chi connectivity index (χ4n) is 2.60. The van der Waals surface area contributed by atoms with E-state index < -0.39 is 12.1 Å². The molecule has 2 N–H and O–H groups in total. The summed E-state index contributed by atoms with van der Waals surface area (Å²) in [6.07, 6.45) is 5.56. The van der Waals surface area contributed by atoms with Crippen LogP contribution in [0.25, 0.3) is 0 Å². The maximum Gasteiger partial charge on any atom is 0.307 e. The van der Waals surface area contributed by atoms with Crippen molar-refractivity contribution in [3.63, 3.8) is 0 Å². The van der Waals surface area contributed by atoms with Gasteiger partial charge in [-0.3, -0.25) is 9.59 Å². The maximum absolute atomic E-state index is 11.9. The first-order valence-corrected chi connectivity index (χ1v) is 9.03. The number of hydrogen-bond acceptors (Lipinski definition) is 4. The monoisotopic (exact) mass is 346 g/mol. The molecule has 0 aromatic rings. The molecule has 0 aromatic heterocycles. The standard InChI is InChI=1S/C18H35NO5/c1-5-6-10-15(20)11-8-7-9-12-18(23)24-16(13-17(21)22)14-19(2,3)4/h15-16,20H,5-14H2,1-4H3/p+1. The number of hydrogen-bond donors (Lipinski definition) is 2. The summed E-state index contributed by atoms with van der Waals surface area (Å²) in [5, 5.41) is 18.7. The van der Waals surface area contributed by atoms with E-state index in [9.17, 15) is 14.7 Å². The zero-order valence-corrected chi connectivity index (χ0v) is 15.8. The number of quaternary nitrogens is 1. The minimum atomic E-state index is -0.956. The summed E-state index contributed by atoms with van der Waals surface area (Å²) in [6, 6.07) is 0. The van der Waals surface area contributed by atoms with Gasteiger partial charge in [-0.2, -0.15) is 0 Å². The van der Waals surface area contributed by atoms with Crippen molar-refractivity contribution in [1.29, 1.82) is 0 Å². The van der Waals surface area contributed by atoms with Crippen molar-refractivity contribution in [2.45, 2.75) is 76.9 Å². The molecule has 0 saturated carbocycles. The van der Waals surface area contributed by atoms with E-state index >= 15 is 0 Å². The van der Waals surface area contributed by atoms with Crippen LogP contribution >= 0.6 is 0 Å². The van der Waals surface area contributed by atoms with E-state index in [0.29, 0.717) is 23.9 Å². The first-order valence-electron chi connectivity index (χ1n) is 9.03. The van der Waals surface area contributed by atoms with Gasteiger partial charge in [-0.05, 0) is 19.3 Å². The summed E-state index contributed by atoms with van der Waals surface area (Å²) in [6.45, 7) is 2.58. The number of ether oxygens (including phenoxy) is 1. The van der Waals surface area contributed by atoms with Crippen molar-refractivity contribution in [1.82, 2.24) is 0 Å². The molecule has 24 heavy (non-hydrogen) atoms. The van der Waals surface area contributed by atoms with Crippen LogP contribution in [0.5, 0.6) is 0 Å². The topological polar surface area (TPSA) is 83.8 Å². The average molecular weight is 346 g/mol. The molecule has 0 aliphatic heterocycles. The van der Waals surface area contributed by atoms with Crippen LogP contribution < -0.4 is 0 Å². The van der Waals surface area contributed by atoms with Gasteiger partial charge in [-0.25, -0.2) is 0 Å². The molecule has 6 heteroatoms. The number of rotatable bonds is 14. The number of aliphatic hydroxyl groups excluding tert-OH is 1. The molecule has 6 nitrogen and oxygen atoms in total. The van der Waals surface area contributed by atoms with E-state index in [-0.39, 0.29) is 18.5 Å². The largest absolute Gasteiger partial charge is 0.481 e. The lowest BCUT2D eigenvalue weighted by molar-refractivity contribution is -0.873. The van der Waals surface area contributed by atoms with Gasteiger partial charge in [0.15, 0.2) is 6.10 Å². The highest BCUT2D eigenvalue weighted by Gasteiger charge is 2.24. The van der Waals surface area contributed by atoms with E-state index in [1.54, 1.807) is 0 Å². The third-order valence-corrected chi connectivity index (χ3v) is 3.76. The van der Waals surface area contributed by atoms with Gasteiger partial charge in [-0.15, -0.1) is 0 Å². The van der Waals surface area contributed by atoms with E-state index in [0.717, 1.165) is 38.5 Å². The lowest BCUT2D eigenvalue weighted by atomic mass is 10.0. The van der Waals surface area contributed by atoms with E-state index in [4.69, 9.17) is 9.84 Å². The Labute approximate surface area is 146 Å². The molecule has 0 rings (SSSR count). The summed E-state index contributed by atoms with van der Waals surface area (Å²) >= 11 is 0. The lowest BCUT2D eigenvalue weighted by Gasteiger charge is -2.28. The maximum atomic E-state index is 11.9. The Morgan fingerprint density at radius 1 is 1.04 bits per heavy atom. The number of aliphatic hydroxyl groups is 1. The molecule has 2 unspecified atom stereocenters. The van der Waals surface area contributed by atoms with Gasteiger partial charge in [0.05, 0.1) is 33.7 Å². The van der Waals surface area contributed by atoms with Crippen molar-refractivity contribution in [2.24, 2.45) is 0 Å². The van der Waals surface area contributed by atoms with Gasteiger partial charge < -0.3 is 19.4 Å². The van der Waals surface area contributed by atoms with E-state index in [1.165, 1.54) is 0 Å². The number of likely N-dealkylation sites (N-methyl/N-ethyl adjacent to an activating group) is 1. The minimum absolute atomic E-state index is 0.162. The summed E-state index contributed by atoms with van der Waals surface area (Å²) in [5.74, 6) is -1.29. The molecule has 0 aliphatic carbocycles. The van der Waals surface area contributed by atoms with Crippen LogP contribution in [-0.4, -0.2) is 66.5 Å². The second-order valence-electron chi connectivity index (χ2n) is 7.58. The molecule has 0 aromatic carbocycles. The Kier molecular flexibility index (Phi) is 11.7. The van der Waals surface area contributed by atoms with E-state index in [2.05, 4.69) is 6.92 Å². The smallest absolute Gasteiger partial charge is 0.307 e.